The Kier molecular flexibility index (Phi) is 6.36. The number of carbonyl (C=O) groups excluding carboxylic acids is 2. The second kappa shape index (κ2) is 7.55. The van der Waals surface area contributed by atoms with Crippen molar-refractivity contribution >= 4 is 19.9 Å². The number of amides is 1. The molecule has 0 aliphatic heterocycles. The highest BCUT2D eigenvalue weighted by Crippen LogP contribution is 2.21. The minimum atomic E-state index is -0.740. The molecule has 1 aliphatic rings. The summed E-state index contributed by atoms with van der Waals surface area (Å²) in [7, 11) is 5.48. The molecule has 1 saturated carbocycles. The van der Waals surface area contributed by atoms with Crippen LogP contribution in [0.2, 0.25) is 6.32 Å². The standard InChI is InChI=1S/C14H24BNO4/c1-14(2,3)20-13(18)16-11(8-9-15)12(17)19-10-6-4-5-7-10/h10-11H,4-9H2,1-3H3,(H,16,18). The van der Waals surface area contributed by atoms with E-state index in [1.54, 1.807) is 20.8 Å². The first kappa shape index (κ1) is 16.9. The maximum Gasteiger partial charge on any atom is 0.408 e. The summed E-state index contributed by atoms with van der Waals surface area (Å²) < 4.78 is 10.5. The highest BCUT2D eigenvalue weighted by Gasteiger charge is 2.27. The lowest BCUT2D eigenvalue weighted by Gasteiger charge is -2.23. The van der Waals surface area contributed by atoms with Gasteiger partial charge in [-0.3, -0.25) is 0 Å². The van der Waals surface area contributed by atoms with Crippen molar-refractivity contribution in [2.45, 2.75) is 76.9 Å². The van der Waals surface area contributed by atoms with Crippen LogP contribution in [0.1, 0.15) is 52.9 Å². The first-order chi connectivity index (χ1) is 9.31. The van der Waals surface area contributed by atoms with E-state index in [9.17, 15) is 9.59 Å². The van der Waals surface area contributed by atoms with Gasteiger partial charge in [0, 0.05) is 0 Å². The number of ether oxygens (including phenoxy) is 2. The molecule has 20 heavy (non-hydrogen) atoms. The van der Waals surface area contributed by atoms with Crippen LogP contribution >= 0.6 is 0 Å². The monoisotopic (exact) mass is 281 g/mol. The minimum absolute atomic E-state index is 0.0248. The number of hydrogen-bond acceptors (Lipinski definition) is 4. The van der Waals surface area contributed by atoms with Gasteiger partial charge in [-0.15, -0.1) is 0 Å². The smallest absolute Gasteiger partial charge is 0.408 e. The fourth-order valence-corrected chi connectivity index (χ4v) is 2.12. The predicted octanol–water partition coefficient (Wildman–Crippen LogP) is 2.34. The largest absolute Gasteiger partial charge is 0.461 e. The first-order valence-electron chi connectivity index (χ1n) is 7.22. The van der Waals surface area contributed by atoms with Gasteiger partial charge in [-0.25, -0.2) is 9.59 Å². The Morgan fingerprint density at radius 3 is 2.40 bits per heavy atom. The molecule has 1 unspecified atom stereocenters. The number of esters is 1. The van der Waals surface area contributed by atoms with Crippen molar-refractivity contribution in [1.82, 2.24) is 5.32 Å². The Morgan fingerprint density at radius 1 is 1.30 bits per heavy atom. The molecule has 0 aromatic rings. The van der Waals surface area contributed by atoms with Crippen molar-refractivity contribution < 1.29 is 19.1 Å². The summed E-state index contributed by atoms with van der Waals surface area (Å²) in [4.78, 5) is 23.7. The number of rotatable bonds is 5. The molecule has 1 aliphatic carbocycles. The average Bonchev–Trinajstić information content (AvgIpc) is 2.78. The van der Waals surface area contributed by atoms with Crippen LogP contribution in [-0.4, -0.2) is 37.7 Å². The summed E-state index contributed by atoms with van der Waals surface area (Å²) in [5.74, 6) is -0.423. The van der Waals surface area contributed by atoms with Crippen molar-refractivity contribution in [3.05, 3.63) is 0 Å². The molecule has 0 bridgehead atoms. The number of carbonyl (C=O) groups is 2. The lowest BCUT2D eigenvalue weighted by molar-refractivity contribution is -0.151. The Hall–Kier alpha value is -1.20. The van der Waals surface area contributed by atoms with E-state index in [-0.39, 0.29) is 6.10 Å². The SMILES string of the molecule is [B]CCC(NC(=O)OC(C)(C)C)C(=O)OC1CCCC1. The molecule has 1 amide bonds. The van der Waals surface area contributed by atoms with Crippen LogP contribution < -0.4 is 5.32 Å². The van der Waals surface area contributed by atoms with Gasteiger partial charge in [0.2, 0.25) is 0 Å². The quantitative estimate of drug-likeness (QED) is 0.620. The molecule has 2 radical (unpaired) electrons. The number of alkyl carbamates (subject to hydrolysis) is 1. The third kappa shape index (κ3) is 6.30. The number of hydrogen-bond donors (Lipinski definition) is 1. The van der Waals surface area contributed by atoms with E-state index in [4.69, 9.17) is 17.3 Å². The van der Waals surface area contributed by atoms with Gasteiger partial charge in [-0.2, -0.15) is 0 Å². The minimum Gasteiger partial charge on any atom is -0.461 e. The van der Waals surface area contributed by atoms with E-state index in [2.05, 4.69) is 5.32 Å². The van der Waals surface area contributed by atoms with Crippen LogP contribution in [0.15, 0.2) is 0 Å². The van der Waals surface area contributed by atoms with Gasteiger partial charge in [0.1, 0.15) is 17.7 Å². The van der Waals surface area contributed by atoms with Gasteiger partial charge in [-0.1, -0.05) is 6.32 Å². The van der Waals surface area contributed by atoms with E-state index in [0.29, 0.717) is 12.7 Å². The fraction of sp³-hybridized carbons (Fsp3) is 0.857. The lowest BCUT2D eigenvalue weighted by atomic mass is 9.97. The van der Waals surface area contributed by atoms with Crippen molar-refractivity contribution in [3.8, 4) is 0 Å². The normalized spacial score (nSPS) is 17.6. The zero-order chi connectivity index (χ0) is 15.2. The molecular weight excluding hydrogens is 257 g/mol. The van der Waals surface area contributed by atoms with Crippen molar-refractivity contribution in [2.75, 3.05) is 0 Å². The van der Waals surface area contributed by atoms with E-state index < -0.39 is 23.7 Å². The van der Waals surface area contributed by atoms with Crippen LogP contribution in [-0.2, 0) is 14.3 Å². The molecule has 0 heterocycles. The van der Waals surface area contributed by atoms with Gasteiger partial charge >= 0.3 is 12.1 Å². The molecule has 0 saturated heterocycles. The molecular formula is C14H24BNO4. The second-order valence-electron chi connectivity index (χ2n) is 6.12. The van der Waals surface area contributed by atoms with E-state index >= 15 is 0 Å². The van der Waals surface area contributed by atoms with Gasteiger partial charge in [0.05, 0.1) is 7.85 Å². The summed E-state index contributed by atoms with van der Waals surface area (Å²) in [5.41, 5.74) is -0.604. The summed E-state index contributed by atoms with van der Waals surface area (Å²) in [6.07, 6.45) is 3.94. The van der Waals surface area contributed by atoms with Crippen molar-refractivity contribution in [2.24, 2.45) is 0 Å². The third-order valence-electron chi connectivity index (χ3n) is 3.02. The van der Waals surface area contributed by atoms with Crippen LogP contribution in [0.4, 0.5) is 4.79 Å². The average molecular weight is 281 g/mol. The molecule has 1 rings (SSSR count). The Balaban J connectivity index is 2.49. The first-order valence-corrected chi connectivity index (χ1v) is 7.22. The Labute approximate surface area is 122 Å². The third-order valence-corrected chi connectivity index (χ3v) is 3.02. The lowest BCUT2D eigenvalue weighted by Crippen LogP contribution is -2.44. The van der Waals surface area contributed by atoms with Gasteiger partial charge in [0.25, 0.3) is 0 Å². The van der Waals surface area contributed by atoms with E-state index in [1.807, 2.05) is 0 Å². The Morgan fingerprint density at radius 2 is 1.90 bits per heavy atom. The van der Waals surface area contributed by atoms with Crippen molar-refractivity contribution in [1.29, 1.82) is 0 Å². The molecule has 0 aromatic heterocycles. The summed E-state index contributed by atoms with van der Waals surface area (Å²) in [5, 5.41) is 2.53. The van der Waals surface area contributed by atoms with Crippen LogP contribution in [0.5, 0.6) is 0 Å². The molecule has 1 atom stereocenters. The van der Waals surface area contributed by atoms with Gasteiger partial charge < -0.3 is 14.8 Å². The molecule has 0 spiro atoms. The number of nitrogens with one attached hydrogen (secondary N) is 1. The summed E-state index contributed by atoms with van der Waals surface area (Å²) >= 11 is 0. The zero-order valence-electron chi connectivity index (χ0n) is 12.6. The molecule has 5 nitrogen and oxygen atoms in total. The summed E-state index contributed by atoms with van der Waals surface area (Å²) in [6.45, 7) is 5.30. The van der Waals surface area contributed by atoms with Crippen LogP contribution in [0.3, 0.4) is 0 Å². The van der Waals surface area contributed by atoms with Crippen molar-refractivity contribution in [3.63, 3.8) is 0 Å². The second-order valence-corrected chi connectivity index (χ2v) is 6.12. The fourth-order valence-electron chi connectivity index (χ4n) is 2.12. The molecule has 1 fully saturated rings. The predicted molar refractivity (Wildman–Crippen MR) is 76.7 cm³/mol. The Bertz CT molecular complexity index is 335. The zero-order valence-corrected chi connectivity index (χ0v) is 12.6. The van der Waals surface area contributed by atoms with Gasteiger partial charge in [-0.05, 0) is 52.9 Å². The van der Waals surface area contributed by atoms with Crippen LogP contribution in [0.25, 0.3) is 0 Å². The van der Waals surface area contributed by atoms with E-state index in [0.717, 1.165) is 25.7 Å². The molecule has 1 N–H and O–H groups in total. The topological polar surface area (TPSA) is 64.6 Å². The molecule has 6 heteroatoms. The highest BCUT2D eigenvalue weighted by atomic mass is 16.6. The maximum atomic E-state index is 12.0. The maximum absolute atomic E-state index is 12.0. The summed E-state index contributed by atoms with van der Waals surface area (Å²) in [6, 6.07) is -0.740. The van der Waals surface area contributed by atoms with Crippen LogP contribution in [0, 0.1) is 0 Å². The molecule has 0 aromatic carbocycles. The van der Waals surface area contributed by atoms with E-state index in [1.165, 1.54) is 0 Å². The highest BCUT2D eigenvalue weighted by molar-refractivity contribution is 6.08. The van der Waals surface area contributed by atoms with Gasteiger partial charge in [0.15, 0.2) is 0 Å². The molecule has 112 valence electrons.